The van der Waals surface area contributed by atoms with Crippen LogP contribution in [0.1, 0.15) is 11.3 Å². The molecule has 0 unspecified atom stereocenters. The first kappa shape index (κ1) is 10.4. The Morgan fingerprint density at radius 1 is 1.33 bits per heavy atom. The number of hydrogen-bond donors (Lipinski definition) is 0. The van der Waals surface area contributed by atoms with Crippen molar-refractivity contribution in [3.05, 3.63) is 35.5 Å². The molecule has 2 aromatic rings. The third-order valence-electron chi connectivity index (χ3n) is 2.34. The number of halogens is 1. The van der Waals surface area contributed by atoms with Crippen molar-refractivity contribution < 1.29 is 4.74 Å². The molecule has 2 rings (SSSR count). The lowest BCUT2D eigenvalue weighted by atomic mass is 10.1. The monoisotopic (exact) mass is 265 g/mol. The van der Waals surface area contributed by atoms with Gasteiger partial charge < -0.3 is 4.74 Å². The predicted molar refractivity (Wildman–Crippen MR) is 65.7 cm³/mol. The standard InChI is InChI=1S/C12H12BrNO/c1-8-5-12(15-2)10-6-9(7-13)3-4-11(10)14-8/h3-6H,7H2,1-2H3. The highest BCUT2D eigenvalue weighted by Crippen LogP contribution is 2.26. The molecule has 0 saturated carbocycles. The number of fused-ring (bicyclic) bond motifs is 1. The van der Waals surface area contributed by atoms with Crippen LogP contribution < -0.4 is 4.74 Å². The minimum atomic E-state index is 0.847. The Morgan fingerprint density at radius 3 is 2.80 bits per heavy atom. The fourth-order valence-electron chi connectivity index (χ4n) is 1.62. The van der Waals surface area contributed by atoms with E-state index in [1.54, 1.807) is 7.11 Å². The zero-order valence-corrected chi connectivity index (χ0v) is 10.3. The number of pyridine rings is 1. The first-order chi connectivity index (χ1) is 7.24. The van der Waals surface area contributed by atoms with E-state index in [4.69, 9.17) is 4.74 Å². The van der Waals surface area contributed by atoms with Gasteiger partial charge in [0.15, 0.2) is 0 Å². The van der Waals surface area contributed by atoms with Gasteiger partial charge in [-0.1, -0.05) is 22.0 Å². The van der Waals surface area contributed by atoms with Gasteiger partial charge in [-0.05, 0) is 24.6 Å². The molecule has 0 saturated heterocycles. The highest BCUT2D eigenvalue weighted by atomic mass is 79.9. The van der Waals surface area contributed by atoms with E-state index in [2.05, 4.69) is 33.0 Å². The molecule has 0 spiro atoms. The van der Waals surface area contributed by atoms with E-state index in [1.165, 1.54) is 5.56 Å². The van der Waals surface area contributed by atoms with E-state index >= 15 is 0 Å². The van der Waals surface area contributed by atoms with E-state index in [1.807, 2.05) is 19.1 Å². The van der Waals surface area contributed by atoms with Gasteiger partial charge in [-0.3, -0.25) is 4.98 Å². The van der Waals surface area contributed by atoms with Crippen molar-refractivity contribution in [3.8, 4) is 5.75 Å². The number of methoxy groups -OCH3 is 1. The normalized spacial score (nSPS) is 10.6. The van der Waals surface area contributed by atoms with Crippen molar-refractivity contribution in [3.63, 3.8) is 0 Å². The van der Waals surface area contributed by atoms with Crippen LogP contribution in [0, 0.1) is 6.92 Å². The van der Waals surface area contributed by atoms with Crippen LogP contribution >= 0.6 is 15.9 Å². The number of nitrogens with zero attached hydrogens (tertiary/aromatic N) is 1. The molecule has 0 fully saturated rings. The average molecular weight is 266 g/mol. The molecule has 1 heterocycles. The Bertz CT molecular complexity index is 496. The summed E-state index contributed by atoms with van der Waals surface area (Å²) >= 11 is 3.44. The Labute approximate surface area is 97.4 Å². The average Bonchev–Trinajstić information content (AvgIpc) is 2.27. The Morgan fingerprint density at radius 2 is 2.13 bits per heavy atom. The molecule has 3 heteroatoms. The molecule has 78 valence electrons. The Kier molecular flexibility index (Phi) is 2.91. The van der Waals surface area contributed by atoms with Crippen LogP contribution in [-0.2, 0) is 5.33 Å². The van der Waals surface area contributed by atoms with Crippen molar-refractivity contribution >= 4 is 26.8 Å². The number of aryl methyl sites for hydroxylation is 1. The Balaban J connectivity index is 2.73. The highest BCUT2D eigenvalue weighted by Gasteiger charge is 2.04. The summed E-state index contributed by atoms with van der Waals surface area (Å²) in [6.45, 7) is 1.97. The van der Waals surface area contributed by atoms with E-state index in [0.29, 0.717) is 0 Å². The zero-order valence-electron chi connectivity index (χ0n) is 8.75. The van der Waals surface area contributed by atoms with E-state index in [9.17, 15) is 0 Å². The van der Waals surface area contributed by atoms with Crippen LogP contribution in [0.4, 0.5) is 0 Å². The van der Waals surface area contributed by atoms with Gasteiger partial charge in [0.05, 0.1) is 12.6 Å². The summed E-state index contributed by atoms with van der Waals surface area (Å²) in [6, 6.07) is 8.17. The number of aromatic nitrogens is 1. The lowest BCUT2D eigenvalue weighted by molar-refractivity contribution is 0.419. The smallest absolute Gasteiger partial charge is 0.130 e. The zero-order chi connectivity index (χ0) is 10.8. The number of rotatable bonds is 2. The van der Waals surface area contributed by atoms with Crippen LogP contribution in [0.15, 0.2) is 24.3 Å². The summed E-state index contributed by atoms with van der Waals surface area (Å²) in [7, 11) is 1.69. The molecule has 0 bridgehead atoms. The van der Waals surface area contributed by atoms with Crippen LogP contribution in [0.2, 0.25) is 0 Å². The summed E-state index contributed by atoms with van der Waals surface area (Å²) in [6.07, 6.45) is 0. The maximum atomic E-state index is 5.35. The van der Waals surface area contributed by atoms with E-state index in [-0.39, 0.29) is 0 Å². The molecule has 15 heavy (non-hydrogen) atoms. The molecular formula is C12H12BrNO. The largest absolute Gasteiger partial charge is 0.496 e. The summed E-state index contributed by atoms with van der Waals surface area (Å²) in [5.41, 5.74) is 3.19. The molecule has 0 aliphatic heterocycles. The van der Waals surface area contributed by atoms with Crippen molar-refractivity contribution in [1.29, 1.82) is 0 Å². The van der Waals surface area contributed by atoms with Gasteiger partial charge in [-0.15, -0.1) is 0 Å². The van der Waals surface area contributed by atoms with Gasteiger partial charge in [0.1, 0.15) is 5.75 Å². The van der Waals surface area contributed by atoms with Crippen LogP contribution in [0.25, 0.3) is 10.9 Å². The maximum Gasteiger partial charge on any atom is 0.130 e. The van der Waals surface area contributed by atoms with Crippen molar-refractivity contribution in [2.45, 2.75) is 12.3 Å². The minimum Gasteiger partial charge on any atom is -0.496 e. The van der Waals surface area contributed by atoms with Gasteiger partial charge in [-0.2, -0.15) is 0 Å². The van der Waals surface area contributed by atoms with Gasteiger partial charge in [0, 0.05) is 22.5 Å². The number of benzene rings is 1. The lowest BCUT2D eigenvalue weighted by Gasteiger charge is -2.07. The second-order valence-corrected chi connectivity index (χ2v) is 4.01. The van der Waals surface area contributed by atoms with Gasteiger partial charge >= 0.3 is 0 Å². The molecule has 0 aliphatic carbocycles. The first-order valence-corrected chi connectivity index (χ1v) is 5.87. The molecule has 0 radical (unpaired) electrons. The quantitative estimate of drug-likeness (QED) is 0.777. The summed E-state index contributed by atoms with van der Waals surface area (Å²) in [5.74, 6) is 0.889. The van der Waals surface area contributed by atoms with Crippen LogP contribution in [-0.4, -0.2) is 12.1 Å². The highest BCUT2D eigenvalue weighted by molar-refractivity contribution is 9.08. The molecule has 0 amide bonds. The lowest BCUT2D eigenvalue weighted by Crippen LogP contribution is -1.91. The van der Waals surface area contributed by atoms with Gasteiger partial charge in [0.2, 0.25) is 0 Å². The molecular weight excluding hydrogens is 254 g/mol. The molecule has 0 atom stereocenters. The molecule has 1 aromatic heterocycles. The third-order valence-corrected chi connectivity index (χ3v) is 2.98. The third kappa shape index (κ3) is 1.97. The van der Waals surface area contributed by atoms with Gasteiger partial charge in [-0.25, -0.2) is 0 Å². The SMILES string of the molecule is COc1cc(C)nc2ccc(CBr)cc12. The molecule has 0 aliphatic rings. The summed E-state index contributed by atoms with van der Waals surface area (Å²) in [5, 5.41) is 1.92. The fraction of sp³-hybridized carbons (Fsp3) is 0.250. The fourth-order valence-corrected chi connectivity index (χ4v) is 1.97. The first-order valence-electron chi connectivity index (χ1n) is 4.75. The topological polar surface area (TPSA) is 22.1 Å². The number of hydrogen-bond acceptors (Lipinski definition) is 2. The molecule has 0 N–H and O–H groups in total. The maximum absolute atomic E-state index is 5.35. The summed E-state index contributed by atoms with van der Waals surface area (Å²) in [4.78, 5) is 4.46. The van der Waals surface area contributed by atoms with Crippen LogP contribution in [0.5, 0.6) is 5.75 Å². The van der Waals surface area contributed by atoms with Crippen molar-refractivity contribution in [2.24, 2.45) is 0 Å². The number of ether oxygens (including phenoxy) is 1. The number of alkyl halides is 1. The summed E-state index contributed by atoms with van der Waals surface area (Å²) < 4.78 is 5.35. The van der Waals surface area contributed by atoms with E-state index < -0.39 is 0 Å². The Hall–Kier alpha value is -1.09. The molecule has 2 nitrogen and oxygen atoms in total. The van der Waals surface area contributed by atoms with Gasteiger partial charge in [0.25, 0.3) is 0 Å². The second kappa shape index (κ2) is 4.19. The van der Waals surface area contributed by atoms with Crippen molar-refractivity contribution in [2.75, 3.05) is 7.11 Å². The van der Waals surface area contributed by atoms with E-state index in [0.717, 1.165) is 27.7 Å². The molecule has 1 aromatic carbocycles. The van der Waals surface area contributed by atoms with Crippen molar-refractivity contribution in [1.82, 2.24) is 4.98 Å². The second-order valence-electron chi connectivity index (χ2n) is 3.45. The van der Waals surface area contributed by atoms with Crippen LogP contribution in [0.3, 0.4) is 0 Å². The predicted octanol–water partition coefficient (Wildman–Crippen LogP) is 3.45. The minimum absolute atomic E-state index is 0.847.